The van der Waals surface area contributed by atoms with Crippen molar-refractivity contribution >= 4 is 11.6 Å². The zero-order valence-corrected chi connectivity index (χ0v) is 16.8. The zero-order chi connectivity index (χ0) is 22.7. The van der Waals surface area contributed by atoms with Crippen molar-refractivity contribution in [3.05, 3.63) is 42.4 Å². The SMILES string of the molecule is N#Cc1cnc(Nc2cc(-c3c(OC4CCC(N)C4)cccc3OC(O)(O)O)[nH]n2)cn1. The molecule has 0 spiro atoms. The smallest absolute Gasteiger partial charge is 0.453 e. The summed E-state index contributed by atoms with van der Waals surface area (Å²) in [6.45, 7) is 0. The summed E-state index contributed by atoms with van der Waals surface area (Å²) in [5.41, 5.74) is 6.89. The maximum atomic E-state index is 9.35. The Balaban J connectivity index is 1.65. The fourth-order valence-corrected chi connectivity index (χ4v) is 3.46. The summed E-state index contributed by atoms with van der Waals surface area (Å²) in [7, 11) is 0. The Morgan fingerprint density at radius 3 is 2.62 bits per heavy atom. The van der Waals surface area contributed by atoms with Crippen molar-refractivity contribution in [1.29, 1.82) is 5.26 Å². The molecule has 3 aromatic rings. The Kier molecular flexibility index (Phi) is 5.89. The van der Waals surface area contributed by atoms with Gasteiger partial charge >= 0.3 is 6.16 Å². The van der Waals surface area contributed by atoms with Gasteiger partial charge in [0.25, 0.3) is 0 Å². The van der Waals surface area contributed by atoms with Crippen LogP contribution < -0.4 is 20.5 Å². The average molecular weight is 439 g/mol. The molecule has 1 saturated carbocycles. The molecule has 1 fully saturated rings. The lowest BCUT2D eigenvalue weighted by molar-refractivity contribution is -0.419. The van der Waals surface area contributed by atoms with E-state index in [-0.39, 0.29) is 23.6 Å². The maximum Gasteiger partial charge on any atom is 0.453 e. The molecule has 1 aromatic carbocycles. The number of rotatable bonds is 7. The number of aromatic amines is 1. The van der Waals surface area contributed by atoms with Crippen molar-refractivity contribution in [2.24, 2.45) is 5.73 Å². The molecule has 0 saturated heterocycles. The summed E-state index contributed by atoms with van der Waals surface area (Å²) in [5.74, 6) is 1.07. The van der Waals surface area contributed by atoms with Gasteiger partial charge in [0, 0.05) is 12.1 Å². The molecule has 2 heterocycles. The van der Waals surface area contributed by atoms with Gasteiger partial charge in [-0.05, 0) is 31.4 Å². The fourth-order valence-electron chi connectivity index (χ4n) is 3.46. The van der Waals surface area contributed by atoms with E-state index in [1.807, 2.05) is 6.07 Å². The van der Waals surface area contributed by atoms with E-state index >= 15 is 0 Å². The number of hydrogen-bond donors (Lipinski definition) is 6. The van der Waals surface area contributed by atoms with Crippen LogP contribution in [-0.4, -0.2) is 53.8 Å². The highest BCUT2D eigenvalue weighted by molar-refractivity contribution is 5.76. The minimum atomic E-state index is -3.39. The van der Waals surface area contributed by atoms with Gasteiger partial charge in [0.05, 0.1) is 23.7 Å². The first kappa shape index (κ1) is 21.5. The van der Waals surface area contributed by atoms with E-state index in [4.69, 9.17) is 20.5 Å². The number of aromatic nitrogens is 4. The van der Waals surface area contributed by atoms with Gasteiger partial charge < -0.3 is 35.8 Å². The molecular formula is C20H21N7O5. The number of nitriles is 1. The Morgan fingerprint density at radius 1 is 1.16 bits per heavy atom. The molecule has 2 atom stereocenters. The first-order valence-corrected chi connectivity index (χ1v) is 9.77. The van der Waals surface area contributed by atoms with Crippen molar-refractivity contribution < 1.29 is 24.8 Å². The van der Waals surface area contributed by atoms with Crippen LogP contribution in [0.2, 0.25) is 0 Å². The lowest BCUT2D eigenvalue weighted by Crippen LogP contribution is -2.34. The van der Waals surface area contributed by atoms with Crippen LogP contribution >= 0.6 is 0 Å². The van der Waals surface area contributed by atoms with Gasteiger partial charge in [-0.15, -0.1) is 0 Å². The molecule has 166 valence electrons. The second-order valence-electron chi connectivity index (χ2n) is 7.31. The van der Waals surface area contributed by atoms with Crippen LogP contribution in [0.5, 0.6) is 11.5 Å². The highest BCUT2D eigenvalue weighted by atomic mass is 16.9. The molecule has 2 aromatic heterocycles. The Labute approximate surface area is 182 Å². The molecule has 1 aliphatic carbocycles. The third kappa shape index (κ3) is 5.10. The lowest BCUT2D eigenvalue weighted by Gasteiger charge is -2.21. The van der Waals surface area contributed by atoms with Crippen molar-refractivity contribution in [3.63, 3.8) is 0 Å². The van der Waals surface area contributed by atoms with Crippen LogP contribution in [-0.2, 0) is 0 Å². The molecule has 32 heavy (non-hydrogen) atoms. The predicted octanol–water partition coefficient (Wildman–Crippen LogP) is 0.708. The van der Waals surface area contributed by atoms with E-state index in [0.29, 0.717) is 35.1 Å². The minimum Gasteiger partial charge on any atom is -0.490 e. The zero-order valence-electron chi connectivity index (χ0n) is 16.8. The molecule has 7 N–H and O–H groups in total. The average Bonchev–Trinajstić information content (AvgIpc) is 3.36. The number of anilines is 2. The van der Waals surface area contributed by atoms with Gasteiger partial charge in [-0.3, -0.25) is 5.10 Å². The Bertz CT molecular complexity index is 1120. The van der Waals surface area contributed by atoms with Crippen molar-refractivity contribution in [2.45, 2.75) is 37.6 Å². The molecule has 0 bridgehead atoms. The van der Waals surface area contributed by atoms with E-state index in [2.05, 4.69) is 25.5 Å². The van der Waals surface area contributed by atoms with Crippen LogP contribution in [0.1, 0.15) is 25.0 Å². The second kappa shape index (κ2) is 8.77. The monoisotopic (exact) mass is 439 g/mol. The van der Waals surface area contributed by atoms with Gasteiger partial charge in [0.1, 0.15) is 29.5 Å². The molecule has 12 nitrogen and oxygen atoms in total. The highest BCUT2D eigenvalue weighted by Crippen LogP contribution is 2.40. The molecule has 1 aliphatic rings. The molecule has 2 unspecified atom stereocenters. The normalized spacial score (nSPS) is 18.2. The summed E-state index contributed by atoms with van der Waals surface area (Å²) in [6, 6.07) is 8.29. The van der Waals surface area contributed by atoms with E-state index in [9.17, 15) is 15.3 Å². The summed E-state index contributed by atoms with van der Waals surface area (Å²) < 4.78 is 11.0. The van der Waals surface area contributed by atoms with E-state index in [0.717, 1.165) is 12.8 Å². The first-order chi connectivity index (χ1) is 15.3. The van der Waals surface area contributed by atoms with Crippen molar-refractivity contribution in [3.8, 4) is 28.8 Å². The van der Waals surface area contributed by atoms with Crippen LogP contribution in [0.3, 0.4) is 0 Å². The number of H-pyrrole nitrogens is 1. The van der Waals surface area contributed by atoms with E-state index < -0.39 is 6.16 Å². The molecule has 0 radical (unpaired) electrons. The number of benzene rings is 1. The topological polar surface area (TPSA) is 195 Å². The summed E-state index contributed by atoms with van der Waals surface area (Å²) in [4.78, 5) is 8.01. The van der Waals surface area contributed by atoms with Crippen molar-refractivity contribution in [2.75, 3.05) is 5.32 Å². The summed E-state index contributed by atoms with van der Waals surface area (Å²) in [6.07, 6.45) is 1.51. The first-order valence-electron chi connectivity index (χ1n) is 9.77. The molecule has 4 rings (SSSR count). The number of nitrogens with one attached hydrogen (secondary N) is 2. The highest BCUT2D eigenvalue weighted by Gasteiger charge is 2.28. The maximum absolute atomic E-state index is 9.35. The predicted molar refractivity (Wildman–Crippen MR) is 110 cm³/mol. The second-order valence-corrected chi connectivity index (χ2v) is 7.31. The number of aliphatic hydroxyl groups is 3. The van der Waals surface area contributed by atoms with Gasteiger partial charge in [0.2, 0.25) is 0 Å². The quantitative estimate of drug-likeness (QED) is 0.284. The Hall–Kier alpha value is -3.76. The molecule has 12 heteroatoms. The van der Waals surface area contributed by atoms with Gasteiger partial charge in [-0.25, -0.2) is 9.97 Å². The van der Waals surface area contributed by atoms with E-state index in [1.54, 1.807) is 18.2 Å². The number of nitrogens with two attached hydrogens (primary N) is 1. The minimum absolute atomic E-state index is 0.0503. The van der Waals surface area contributed by atoms with Crippen LogP contribution in [0.25, 0.3) is 11.3 Å². The standard InChI is InChI=1S/C20H21N7O5/c21-8-12-9-24-18(10-23-12)25-17-7-14(26-27-17)19-15(31-13-5-4-11(22)6-13)2-1-3-16(19)32-20(28,29)30/h1-3,7,9-11,13,28-30H,4-6,22H2,(H2,24,25,26,27). The molecule has 0 amide bonds. The third-order valence-corrected chi connectivity index (χ3v) is 4.82. The lowest BCUT2D eigenvalue weighted by atomic mass is 10.1. The summed E-state index contributed by atoms with van der Waals surface area (Å²) >= 11 is 0. The third-order valence-electron chi connectivity index (χ3n) is 4.82. The van der Waals surface area contributed by atoms with Crippen LogP contribution in [0.4, 0.5) is 11.6 Å². The van der Waals surface area contributed by atoms with Crippen LogP contribution in [0, 0.1) is 11.3 Å². The van der Waals surface area contributed by atoms with Crippen molar-refractivity contribution in [1.82, 2.24) is 20.2 Å². The molecular weight excluding hydrogens is 418 g/mol. The van der Waals surface area contributed by atoms with Gasteiger partial charge in [0.15, 0.2) is 11.5 Å². The number of ether oxygens (including phenoxy) is 2. The number of nitrogens with zero attached hydrogens (tertiary/aromatic N) is 4. The number of hydrogen-bond acceptors (Lipinski definition) is 11. The molecule has 0 aliphatic heterocycles. The van der Waals surface area contributed by atoms with Gasteiger partial charge in [-0.1, -0.05) is 6.07 Å². The fraction of sp³-hybridized carbons (Fsp3) is 0.300. The Morgan fingerprint density at radius 2 is 1.97 bits per heavy atom. The van der Waals surface area contributed by atoms with E-state index in [1.165, 1.54) is 18.5 Å². The van der Waals surface area contributed by atoms with Gasteiger partial charge in [-0.2, -0.15) is 10.4 Å². The van der Waals surface area contributed by atoms with Crippen LogP contribution in [0.15, 0.2) is 36.7 Å². The largest absolute Gasteiger partial charge is 0.490 e. The summed E-state index contributed by atoms with van der Waals surface area (Å²) in [5, 5.41) is 46.8.